The van der Waals surface area contributed by atoms with Gasteiger partial charge in [-0.25, -0.2) is 4.79 Å². The molecular weight excluding hydrogens is 296 g/mol. The van der Waals surface area contributed by atoms with E-state index in [0.717, 1.165) is 0 Å². The first kappa shape index (κ1) is 16.5. The van der Waals surface area contributed by atoms with Gasteiger partial charge in [0.05, 0.1) is 26.5 Å². The Labute approximate surface area is 135 Å². The summed E-state index contributed by atoms with van der Waals surface area (Å²) in [6.07, 6.45) is 0. The van der Waals surface area contributed by atoms with E-state index in [2.05, 4.69) is 10.6 Å². The third-order valence-electron chi connectivity index (χ3n) is 3.08. The van der Waals surface area contributed by atoms with Gasteiger partial charge in [-0.2, -0.15) is 0 Å². The largest absolute Gasteiger partial charge is 0.493 e. The van der Waals surface area contributed by atoms with Gasteiger partial charge in [-0.15, -0.1) is 0 Å². The number of hydrogen-bond acceptors (Lipinski definition) is 4. The lowest BCUT2D eigenvalue weighted by molar-refractivity contribution is 0.262. The monoisotopic (exact) mass is 316 g/mol. The molecule has 0 aliphatic carbocycles. The van der Waals surface area contributed by atoms with Gasteiger partial charge in [0.2, 0.25) is 0 Å². The highest BCUT2D eigenvalue weighted by atomic mass is 16.5. The lowest BCUT2D eigenvalue weighted by atomic mass is 10.2. The number of nitrogens with one attached hydrogen (secondary N) is 2. The normalized spacial score (nSPS) is 9.87. The van der Waals surface area contributed by atoms with Gasteiger partial charge in [0.15, 0.2) is 11.5 Å². The second-order valence-corrected chi connectivity index (χ2v) is 4.58. The maximum absolute atomic E-state index is 12.1. The molecular formula is C17H20N2O4. The summed E-state index contributed by atoms with van der Waals surface area (Å²) < 4.78 is 15.9. The number of ether oxygens (including phenoxy) is 3. The van der Waals surface area contributed by atoms with E-state index in [1.54, 1.807) is 44.6 Å². The first-order chi connectivity index (χ1) is 11.2. The summed E-state index contributed by atoms with van der Waals surface area (Å²) in [7, 11) is 3.10. The summed E-state index contributed by atoms with van der Waals surface area (Å²) in [5, 5.41) is 5.51. The Morgan fingerprint density at radius 2 is 1.70 bits per heavy atom. The molecule has 0 radical (unpaired) electrons. The smallest absolute Gasteiger partial charge is 0.323 e. The van der Waals surface area contributed by atoms with Gasteiger partial charge in [0, 0.05) is 11.8 Å². The first-order valence-electron chi connectivity index (χ1n) is 7.19. The van der Waals surface area contributed by atoms with E-state index in [-0.39, 0.29) is 6.03 Å². The summed E-state index contributed by atoms with van der Waals surface area (Å²) in [6.45, 7) is 2.41. The Morgan fingerprint density at radius 1 is 0.957 bits per heavy atom. The number of carbonyl (C=O) groups excluding carboxylic acids is 1. The van der Waals surface area contributed by atoms with Gasteiger partial charge >= 0.3 is 6.03 Å². The van der Waals surface area contributed by atoms with E-state index in [1.165, 1.54) is 0 Å². The van der Waals surface area contributed by atoms with E-state index < -0.39 is 0 Å². The molecule has 0 bridgehead atoms. The van der Waals surface area contributed by atoms with Crippen molar-refractivity contribution in [2.24, 2.45) is 0 Å². The minimum atomic E-state index is -0.371. The van der Waals surface area contributed by atoms with Crippen LogP contribution in [0.25, 0.3) is 0 Å². The molecule has 0 aromatic heterocycles. The topological polar surface area (TPSA) is 68.8 Å². The summed E-state index contributed by atoms with van der Waals surface area (Å²) in [4.78, 5) is 12.1. The fourth-order valence-corrected chi connectivity index (χ4v) is 2.05. The number of para-hydroxylation sites is 2. The van der Waals surface area contributed by atoms with Crippen LogP contribution in [0.5, 0.6) is 17.2 Å². The molecule has 2 rings (SSSR count). The molecule has 2 N–H and O–H groups in total. The fraction of sp³-hybridized carbons (Fsp3) is 0.235. The van der Waals surface area contributed by atoms with Crippen LogP contribution in [0, 0.1) is 0 Å². The van der Waals surface area contributed by atoms with Crippen molar-refractivity contribution in [2.45, 2.75) is 6.92 Å². The number of benzene rings is 2. The maximum Gasteiger partial charge on any atom is 0.323 e. The number of rotatable bonds is 6. The molecule has 0 atom stereocenters. The fourth-order valence-electron chi connectivity index (χ4n) is 2.05. The molecule has 0 fully saturated rings. The van der Waals surface area contributed by atoms with E-state index in [0.29, 0.717) is 35.2 Å². The number of urea groups is 1. The van der Waals surface area contributed by atoms with Crippen molar-refractivity contribution in [2.75, 3.05) is 31.5 Å². The average molecular weight is 316 g/mol. The minimum absolute atomic E-state index is 0.371. The van der Waals surface area contributed by atoms with Gasteiger partial charge in [0.25, 0.3) is 0 Å². The zero-order chi connectivity index (χ0) is 16.7. The number of hydrogen-bond donors (Lipinski definition) is 2. The quantitative estimate of drug-likeness (QED) is 0.851. The molecule has 0 heterocycles. The lowest BCUT2D eigenvalue weighted by Crippen LogP contribution is -2.20. The van der Waals surface area contributed by atoms with E-state index >= 15 is 0 Å². The molecule has 122 valence electrons. The minimum Gasteiger partial charge on any atom is -0.493 e. The molecule has 6 heteroatoms. The number of amides is 2. The van der Waals surface area contributed by atoms with Crippen LogP contribution in [-0.4, -0.2) is 26.9 Å². The molecule has 2 aromatic rings. The van der Waals surface area contributed by atoms with Crippen molar-refractivity contribution < 1.29 is 19.0 Å². The molecule has 0 spiro atoms. The summed E-state index contributed by atoms with van der Waals surface area (Å²) >= 11 is 0. The summed E-state index contributed by atoms with van der Waals surface area (Å²) in [5.41, 5.74) is 1.20. The highest BCUT2D eigenvalue weighted by molar-refractivity contribution is 6.00. The molecule has 0 aliphatic rings. The zero-order valence-corrected chi connectivity index (χ0v) is 13.4. The predicted molar refractivity (Wildman–Crippen MR) is 89.8 cm³/mol. The van der Waals surface area contributed by atoms with Crippen molar-refractivity contribution in [1.82, 2.24) is 0 Å². The Bertz CT molecular complexity index is 673. The zero-order valence-electron chi connectivity index (χ0n) is 13.4. The molecule has 0 saturated heterocycles. The van der Waals surface area contributed by atoms with Crippen molar-refractivity contribution >= 4 is 17.4 Å². The summed E-state index contributed by atoms with van der Waals surface area (Å²) in [6, 6.07) is 12.0. The van der Waals surface area contributed by atoms with Crippen LogP contribution in [0.3, 0.4) is 0 Å². The van der Waals surface area contributed by atoms with Crippen LogP contribution in [0.2, 0.25) is 0 Å². The van der Waals surface area contributed by atoms with Crippen LogP contribution < -0.4 is 24.8 Å². The van der Waals surface area contributed by atoms with Crippen molar-refractivity contribution in [3.05, 3.63) is 42.5 Å². The second kappa shape index (κ2) is 7.93. The van der Waals surface area contributed by atoms with Crippen molar-refractivity contribution in [1.29, 1.82) is 0 Å². The van der Waals surface area contributed by atoms with Crippen molar-refractivity contribution in [3.63, 3.8) is 0 Å². The van der Waals surface area contributed by atoms with Gasteiger partial charge in [0.1, 0.15) is 5.75 Å². The Balaban J connectivity index is 2.08. The highest BCUT2D eigenvalue weighted by Gasteiger charge is 2.09. The third-order valence-corrected chi connectivity index (χ3v) is 3.08. The molecule has 2 aromatic carbocycles. The van der Waals surface area contributed by atoms with E-state index in [9.17, 15) is 4.79 Å². The van der Waals surface area contributed by atoms with Crippen LogP contribution in [0.1, 0.15) is 6.92 Å². The first-order valence-corrected chi connectivity index (χ1v) is 7.19. The van der Waals surface area contributed by atoms with Gasteiger partial charge in [-0.1, -0.05) is 12.1 Å². The Kier molecular flexibility index (Phi) is 5.68. The van der Waals surface area contributed by atoms with Crippen LogP contribution in [0.15, 0.2) is 42.5 Å². The highest BCUT2D eigenvalue weighted by Crippen LogP contribution is 2.30. The van der Waals surface area contributed by atoms with E-state index in [4.69, 9.17) is 14.2 Å². The van der Waals surface area contributed by atoms with Crippen LogP contribution in [0.4, 0.5) is 16.2 Å². The molecule has 2 amide bonds. The van der Waals surface area contributed by atoms with Gasteiger partial charge < -0.3 is 24.8 Å². The Hall–Kier alpha value is -2.89. The maximum atomic E-state index is 12.1. The molecule has 0 saturated carbocycles. The average Bonchev–Trinajstić information content (AvgIpc) is 2.56. The molecule has 0 aliphatic heterocycles. The lowest BCUT2D eigenvalue weighted by Gasteiger charge is -2.13. The number of carbonyl (C=O) groups is 1. The SMILES string of the molecule is CCOc1ccccc1NC(=O)Nc1ccc(OC)c(OC)c1. The molecule has 6 nitrogen and oxygen atoms in total. The van der Waals surface area contributed by atoms with Crippen LogP contribution >= 0.6 is 0 Å². The second-order valence-electron chi connectivity index (χ2n) is 4.58. The Morgan fingerprint density at radius 3 is 2.39 bits per heavy atom. The number of anilines is 2. The van der Waals surface area contributed by atoms with Gasteiger partial charge in [-0.3, -0.25) is 0 Å². The number of methoxy groups -OCH3 is 2. The summed E-state index contributed by atoms with van der Waals surface area (Å²) in [5.74, 6) is 1.76. The molecule has 0 unspecified atom stereocenters. The van der Waals surface area contributed by atoms with E-state index in [1.807, 2.05) is 19.1 Å². The van der Waals surface area contributed by atoms with Crippen molar-refractivity contribution in [3.8, 4) is 17.2 Å². The van der Waals surface area contributed by atoms with Crippen LogP contribution in [-0.2, 0) is 0 Å². The predicted octanol–water partition coefficient (Wildman–Crippen LogP) is 3.75. The molecule has 23 heavy (non-hydrogen) atoms. The standard InChI is InChI=1S/C17H20N2O4/c1-4-23-14-8-6-5-7-13(14)19-17(20)18-12-9-10-15(21-2)16(11-12)22-3/h5-11H,4H2,1-3H3,(H2,18,19,20). The third kappa shape index (κ3) is 4.29. The van der Waals surface area contributed by atoms with Gasteiger partial charge in [-0.05, 0) is 31.2 Å².